The standard InChI is InChI=1S/C14H10BrO2/c1-10(16)17-12-6-4-5-11(9-12)13-7-2-3-8-14(13)15/h2-7,9H,1H3. The Morgan fingerprint density at radius 3 is 2.82 bits per heavy atom. The van der Waals surface area contributed by atoms with E-state index in [1.165, 1.54) is 6.92 Å². The number of halogens is 1. The number of esters is 1. The van der Waals surface area contributed by atoms with Gasteiger partial charge in [-0.25, -0.2) is 0 Å². The van der Waals surface area contributed by atoms with Crippen LogP contribution in [0.25, 0.3) is 11.1 Å². The van der Waals surface area contributed by atoms with Crippen LogP contribution in [0.2, 0.25) is 0 Å². The number of rotatable bonds is 2. The van der Waals surface area contributed by atoms with Crippen LogP contribution in [0.5, 0.6) is 5.75 Å². The first-order valence-corrected chi connectivity index (χ1v) is 5.91. The lowest BCUT2D eigenvalue weighted by Gasteiger charge is -2.06. The second kappa shape index (κ2) is 5.15. The fourth-order valence-corrected chi connectivity index (χ4v) is 2.03. The highest BCUT2D eigenvalue weighted by Crippen LogP contribution is 2.29. The van der Waals surface area contributed by atoms with E-state index in [-0.39, 0.29) is 5.97 Å². The average molecular weight is 290 g/mol. The lowest BCUT2D eigenvalue weighted by atomic mass is 10.1. The van der Waals surface area contributed by atoms with Gasteiger partial charge in [0.1, 0.15) is 5.75 Å². The van der Waals surface area contributed by atoms with Gasteiger partial charge in [-0.1, -0.05) is 30.3 Å². The van der Waals surface area contributed by atoms with E-state index in [0.29, 0.717) is 5.75 Å². The van der Waals surface area contributed by atoms with Crippen LogP contribution in [0.3, 0.4) is 0 Å². The molecule has 0 aliphatic rings. The zero-order valence-corrected chi connectivity index (χ0v) is 10.8. The van der Waals surface area contributed by atoms with Crippen LogP contribution < -0.4 is 4.74 Å². The molecule has 0 N–H and O–H groups in total. The second-order valence-electron chi connectivity index (χ2n) is 3.52. The summed E-state index contributed by atoms with van der Waals surface area (Å²) in [4.78, 5) is 10.9. The molecule has 0 atom stereocenters. The molecule has 0 spiro atoms. The fourth-order valence-electron chi connectivity index (χ4n) is 1.53. The summed E-state index contributed by atoms with van der Waals surface area (Å²) >= 11 is 3.45. The molecule has 2 rings (SSSR count). The Kier molecular flexibility index (Phi) is 3.59. The van der Waals surface area contributed by atoms with Crippen LogP contribution in [0.15, 0.2) is 46.9 Å². The Morgan fingerprint density at radius 2 is 2.12 bits per heavy atom. The molecule has 2 nitrogen and oxygen atoms in total. The number of benzene rings is 2. The minimum Gasteiger partial charge on any atom is -0.427 e. The van der Waals surface area contributed by atoms with Crippen molar-refractivity contribution in [2.45, 2.75) is 6.92 Å². The van der Waals surface area contributed by atoms with Crippen LogP contribution in [0, 0.1) is 6.07 Å². The summed E-state index contributed by atoms with van der Waals surface area (Å²) in [6.07, 6.45) is 0. The van der Waals surface area contributed by atoms with Gasteiger partial charge in [0.2, 0.25) is 0 Å². The molecule has 0 fully saturated rings. The van der Waals surface area contributed by atoms with Crippen LogP contribution in [0.4, 0.5) is 0 Å². The molecular weight excluding hydrogens is 280 g/mol. The molecule has 0 bridgehead atoms. The minimum atomic E-state index is -0.319. The highest BCUT2D eigenvalue weighted by atomic mass is 79.9. The maximum Gasteiger partial charge on any atom is 0.308 e. The monoisotopic (exact) mass is 289 g/mol. The molecule has 0 unspecified atom stereocenters. The summed E-state index contributed by atoms with van der Waals surface area (Å²) in [7, 11) is 0. The maximum absolute atomic E-state index is 10.9. The van der Waals surface area contributed by atoms with Gasteiger partial charge in [-0.15, -0.1) is 0 Å². The molecule has 3 heteroatoms. The normalized spacial score (nSPS) is 10.0. The SMILES string of the molecule is CC(=O)Oc1cccc(-c2ccc[c]c2Br)c1. The van der Waals surface area contributed by atoms with Crippen LogP contribution in [0.1, 0.15) is 6.92 Å². The molecule has 2 aromatic carbocycles. The Hall–Kier alpha value is -1.61. The van der Waals surface area contributed by atoms with Crippen LogP contribution in [-0.2, 0) is 4.79 Å². The molecule has 2 aromatic rings. The van der Waals surface area contributed by atoms with E-state index in [1.54, 1.807) is 6.07 Å². The predicted octanol–water partition coefficient (Wildman–Crippen LogP) is 3.84. The smallest absolute Gasteiger partial charge is 0.308 e. The zero-order chi connectivity index (χ0) is 12.3. The van der Waals surface area contributed by atoms with Gasteiger partial charge in [-0.2, -0.15) is 0 Å². The van der Waals surface area contributed by atoms with Gasteiger partial charge in [0.15, 0.2) is 0 Å². The van der Waals surface area contributed by atoms with Crippen molar-refractivity contribution < 1.29 is 9.53 Å². The van der Waals surface area contributed by atoms with Gasteiger partial charge in [-0.05, 0) is 45.3 Å². The van der Waals surface area contributed by atoms with Crippen LogP contribution in [-0.4, -0.2) is 5.97 Å². The quantitative estimate of drug-likeness (QED) is 0.620. The van der Waals surface area contributed by atoms with E-state index in [9.17, 15) is 4.79 Å². The molecule has 0 aliphatic carbocycles. The van der Waals surface area contributed by atoms with Gasteiger partial charge >= 0.3 is 5.97 Å². The van der Waals surface area contributed by atoms with Crippen molar-refractivity contribution in [2.75, 3.05) is 0 Å². The number of hydrogen-bond acceptors (Lipinski definition) is 2. The Labute approximate surface area is 108 Å². The number of carbonyl (C=O) groups is 1. The van der Waals surface area contributed by atoms with Crippen LogP contribution >= 0.6 is 15.9 Å². The summed E-state index contributed by atoms with van der Waals surface area (Å²) in [6, 6.07) is 16.2. The Balaban J connectivity index is 2.40. The molecule has 17 heavy (non-hydrogen) atoms. The largest absolute Gasteiger partial charge is 0.427 e. The zero-order valence-electron chi connectivity index (χ0n) is 9.24. The predicted molar refractivity (Wildman–Crippen MR) is 69.7 cm³/mol. The topological polar surface area (TPSA) is 26.3 Å². The first-order valence-electron chi connectivity index (χ1n) is 5.12. The third-order valence-corrected chi connectivity index (χ3v) is 2.87. The minimum absolute atomic E-state index is 0.319. The van der Waals surface area contributed by atoms with Crippen molar-refractivity contribution in [2.24, 2.45) is 0 Å². The molecule has 1 radical (unpaired) electrons. The van der Waals surface area contributed by atoms with E-state index < -0.39 is 0 Å². The fraction of sp³-hybridized carbons (Fsp3) is 0.0714. The molecule has 0 saturated carbocycles. The average Bonchev–Trinajstić information content (AvgIpc) is 2.29. The van der Waals surface area contributed by atoms with E-state index in [4.69, 9.17) is 4.74 Å². The van der Waals surface area contributed by atoms with Crippen molar-refractivity contribution >= 4 is 21.9 Å². The van der Waals surface area contributed by atoms with Crippen molar-refractivity contribution in [3.63, 3.8) is 0 Å². The van der Waals surface area contributed by atoms with E-state index in [1.807, 2.05) is 36.4 Å². The molecule has 0 aliphatic heterocycles. The van der Waals surface area contributed by atoms with Gasteiger partial charge in [0, 0.05) is 11.4 Å². The third-order valence-electron chi connectivity index (χ3n) is 2.21. The summed E-state index contributed by atoms with van der Waals surface area (Å²) in [5.41, 5.74) is 1.99. The molecule has 0 heterocycles. The van der Waals surface area contributed by atoms with Crippen molar-refractivity contribution in [1.29, 1.82) is 0 Å². The van der Waals surface area contributed by atoms with Gasteiger partial charge < -0.3 is 4.74 Å². The van der Waals surface area contributed by atoms with Crippen molar-refractivity contribution in [3.05, 3.63) is 53.0 Å². The number of carbonyl (C=O) groups excluding carboxylic acids is 1. The molecule has 0 amide bonds. The molecule has 85 valence electrons. The lowest BCUT2D eigenvalue weighted by Crippen LogP contribution is -2.01. The first-order chi connectivity index (χ1) is 8.16. The summed E-state index contributed by atoms with van der Waals surface area (Å²) in [5.74, 6) is 0.228. The first kappa shape index (κ1) is 11.9. The molecule has 0 saturated heterocycles. The van der Waals surface area contributed by atoms with Gasteiger partial charge in [0.05, 0.1) is 0 Å². The third kappa shape index (κ3) is 2.94. The summed E-state index contributed by atoms with van der Waals surface area (Å²) in [6.45, 7) is 1.39. The number of hydrogen-bond donors (Lipinski definition) is 0. The highest BCUT2D eigenvalue weighted by molar-refractivity contribution is 9.10. The second-order valence-corrected chi connectivity index (χ2v) is 4.31. The highest BCUT2D eigenvalue weighted by Gasteiger charge is 2.04. The number of ether oxygens (including phenoxy) is 1. The van der Waals surface area contributed by atoms with Crippen molar-refractivity contribution in [3.8, 4) is 16.9 Å². The van der Waals surface area contributed by atoms with Crippen molar-refractivity contribution in [1.82, 2.24) is 0 Å². The molecule has 0 aromatic heterocycles. The van der Waals surface area contributed by atoms with E-state index in [2.05, 4.69) is 22.0 Å². The Bertz CT molecular complexity index is 549. The van der Waals surface area contributed by atoms with E-state index in [0.717, 1.165) is 15.6 Å². The van der Waals surface area contributed by atoms with Gasteiger partial charge in [-0.3, -0.25) is 4.79 Å². The van der Waals surface area contributed by atoms with E-state index >= 15 is 0 Å². The summed E-state index contributed by atoms with van der Waals surface area (Å²) < 4.78 is 5.94. The summed E-state index contributed by atoms with van der Waals surface area (Å²) in [5, 5.41) is 0. The van der Waals surface area contributed by atoms with Gasteiger partial charge in [0.25, 0.3) is 0 Å². The maximum atomic E-state index is 10.9. The molecular formula is C14H10BrO2. The Morgan fingerprint density at radius 1 is 1.29 bits per heavy atom. The lowest BCUT2D eigenvalue weighted by molar-refractivity contribution is -0.131.